The lowest BCUT2D eigenvalue weighted by atomic mass is 10.2. The van der Waals surface area contributed by atoms with Gasteiger partial charge in [-0.1, -0.05) is 18.2 Å². The van der Waals surface area contributed by atoms with E-state index in [0.717, 1.165) is 0 Å². The number of hydrogen-bond acceptors (Lipinski definition) is 7. The number of aliphatic hydroxyl groups excluding tert-OH is 2. The first-order chi connectivity index (χ1) is 13.1. The van der Waals surface area contributed by atoms with Gasteiger partial charge in [0.1, 0.15) is 23.9 Å². The number of fused-ring (bicyclic) bond motifs is 1. The number of aromatic nitrogens is 4. The van der Waals surface area contributed by atoms with Gasteiger partial charge in [-0.2, -0.15) is 0 Å². The van der Waals surface area contributed by atoms with E-state index >= 15 is 0 Å². The molecule has 140 valence electrons. The molecule has 10 heteroatoms. The summed E-state index contributed by atoms with van der Waals surface area (Å²) >= 11 is 6.25. The van der Waals surface area contributed by atoms with Gasteiger partial charge in [0.15, 0.2) is 23.2 Å². The highest BCUT2D eigenvalue weighted by Crippen LogP contribution is 2.35. The third-order valence-electron chi connectivity index (χ3n) is 4.37. The molecule has 0 spiro atoms. The number of imidazole rings is 1. The number of rotatable bonds is 4. The van der Waals surface area contributed by atoms with Gasteiger partial charge in [-0.15, -0.1) is 11.6 Å². The molecule has 4 atom stereocenters. The normalized spacial score (nSPS) is 25.0. The summed E-state index contributed by atoms with van der Waals surface area (Å²) in [6, 6.07) is 8.72. The van der Waals surface area contributed by atoms with Crippen LogP contribution < -0.4 is 5.32 Å². The van der Waals surface area contributed by atoms with Gasteiger partial charge in [0.05, 0.1) is 12.9 Å². The van der Waals surface area contributed by atoms with E-state index < -0.39 is 23.8 Å². The molecule has 1 saturated heterocycles. The van der Waals surface area contributed by atoms with E-state index in [2.05, 4.69) is 20.3 Å². The maximum Gasteiger partial charge on any atom is 0.256 e. The highest BCUT2D eigenvalue weighted by molar-refractivity contribution is 6.21. The van der Waals surface area contributed by atoms with Crippen LogP contribution in [0.4, 0.5) is 5.82 Å². The molecule has 1 aliphatic heterocycles. The number of hydrogen-bond donors (Lipinski definition) is 3. The van der Waals surface area contributed by atoms with Crippen LogP contribution in [-0.2, 0) is 4.74 Å². The van der Waals surface area contributed by atoms with Crippen LogP contribution in [0.25, 0.3) is 11.2 Å². The Kier molecular flexibility index (Phi) is 4.75. The summed E-state index contributed by atoms with van der Waals surface area (Å²) in [7, 11) is 0. The van der Waals surface area contributed by atoms with Gasteiger partial charge in [0.2, 0.25) is 0 Å². The van der Waals surface area contributed by atoms with Crippen LogP contribution in [0.1, 0.15) is 16.6 Å². The number of aliphatic hydroxyl groups is 2. The molecule has 3 N–H and O–H groups in total. The Morgan fingerprint density at radius 3 is 2.74 bits per heavy atom. The van der Waals surface area contributed by atoms with Crippen molar-refractivity contribution in [2.75, 3.05) is 11.9 Å². The zero-order valence-corrected chi connectivity index (χ0v) is 14.7. The van der Waals surface area contributed by atoms with Crippen molar-refractivity contribution >= 4 is 34.5 Å². The number of benzene rings is 1. The molecule has 3 heterocycles. The van der Waals surface area contributed by atoms with Crippen LogP contribution in [0, 0.1) is 0 Å². The van der Waals surface area contributed by atoms with E-state index in [-0.39, 0.29) is 18.3 Å². The molecule has 1 fully saturated rings. The Balaban J connectivity index is 1.65. The Hall–Kier alpha value is -2.59. The molecule has 3 aromatic rings. The maximum absolute atomic E-state index is 12.4. The Morgan fingerprint density at radius 1 is 1.26 bits per heavy atom. The molecule has 0 aliphatic carbocycles. The number of amides is 1. The van der Waals surface area contributed by atoms with Crippen LogP contribution >= 0.6 is 11.6 Å². The summed E-state index contributed by atoms with van der Waals surface area (Å²) in [4.78, 5) is 24.9. The van der Waals surface area contributed by atoms with E-state index in [4.69, 9.17) is 16.3 Å². The number of anilines is 1. The number of halogens is 1. The molecular formula is C17H16ClN5O4. The van der Waals surface area contributed by atoms with Crippen molar-refractivity contribution in [3.8, 4) is 0 Å². The third-order valence-corrected chi connectivity index (χ3v) is 4.85. The third kappa shape index (κ3) is 3.15. The molecule has 1 amide bonds. The lowest BCUT2D eigenvalue weighted by Crippen LogP contribution is -2.29. The quantitative estimate of drug-likeness (QED) is 0.567. The predicted molar refractivity (Wildman–Crippen MR) is 96.4 cm³/mol. The van der Waals surface area contributed by atoms with Crippen molar-refractivity contribution < 1.29 is 19.7 Å². The summed E-state index contributed by atoms with van der Waals surface area (Å²) in [6.07, 6.45) is 0.146. The van der Waals surface area contributed by atoms with Gasteiger partial charge in [0, 0.05) is 5.56 Å². The molecule has 1 unspecified atom stereocenters. The molecule has 2 aromatic heterocycles. The fourth-order valence-corrected chi connectivity index (χ4v) is 3.32. The monoisotopic (exact) mass is 389 g/mol. The van der Waals surface area contributed by atoms with E-state index in [1.165, 1.54) is 12.7 Å². The molecular weight excluding hydrogens is 374 g/mol. The summed E-state index contributed by atoms with van der Waals surface area (Å²) < 4.78 is 7.17. The first-order valence-electron chi connectivity index (χ1n) is 8.22. The van der Waals surface area contributed by atoms with Gasteiger partial charge in [-0.25, -0.2) is 15.0 Å². The molecule has 0 saturated carbocycles. The van der Waals surface area contributed by atoms with E-state index in [9.17, 15) is 15.0 Å². The van der Waals surface area contributed by atoms with Gasteiger partial charge in [0.25, 0.3) is 5.91 Å². The molecule has 9 nitrogen and oxygen atoms in total. The Labute approximate surface area is 158 Å². The number of ether oxygens (including phenoxy) is 1. The van der Waals surface area contributed by atoms with Crippen LogP contribution in [0.2, 0.25) is 0 Å². The van der Waals surface area contributed by atoms with Crippen molar-refractivity contribution in [3.63, 3.8) is 0 Å². The zero-order chi connectivity index (χ0) is 19.0. The minimum absolute atomic E-state index is 0.246. The van der Waals surface area contributed by atoms with Gasteiger partial charge in [-0.05, 0) is 12.1 Å². The van der Waals surface area contributed by atoms with Crippen molar-refractivity contribution in [1.82, 2.24) is 19.5 Å². The number of carbonyl (C=O) groups is 1. The van der Waals surface area contributed by atoms with Crippen molar-refractivity contribution in [1.29, 1.82) is 0 Å². The second-order valence-corrected chi connectivity index (χ2v) is 6.55. The van der Waals surface area contributed by atoms with Crippen molar-refractivity contribution in [2.45, 2.75) is 23.8 Å². The summed E-state index contributed by atoms with van der Waals surface area (Å²) in [5, 5.41) is 21.3. The van der Waals surface area contributed by atoms with Crippen LogP contribution in [-0.4, -0.2) is 59.8 Å². The summed E-state index contributed by atoms with van der Waals surface area (Å²) in [5.41, 5.74) is 1.23. The van der Waals surface area contributed by atoms with Crippen molar-refractivity contribution in [3.05, 3.63) is 48.5 Å². The number of carbonyl (C=O) groups excluding carboxylic acids is 1. The minimum atomic E-state index is -1.03. The number of alkyl halides is 1. The minimum Gasteiger partial charge on any atom is -0.394 e. The van der Waals surface area contributed by atoms with Gasteiger partial charge in [-0.3, -0.25) is 9.36 Å². The second-order valence-electron chi connectivity index (χ2n) is 6.05. The highest BCUT2D eigenvalue weighted by Gasteiger charge is 2.44. The number of nitrogens with one attached hydrogen (secondary N) is 1. The van der Waals surface area contributed by atoms with Crippen LogP contribution in [0.5, 0.6) is 0 Å². The standard InChI is InChI=1S/C17H16ClN5O4/c18-11-13(25)10(6-24)27-17(11)23-8-21-12-14(19-7-20-15(12)23)22-16(26)9-4-2-1-3-5-9/h1-5,7-8,10-11,13,17,24-25H,6H2,(H,19,20,22,26)/t10-,11?,13+,17-/m1/s1. The molecule has 0 radical (unpaired) electrons. The van der Waals surface area contributed by atoms with Crippen molar-refractivity contribution in [2.24, 2.45) is 0 Å². The largest absolute Gasteiger partial charge is 0.394 e. The SMILES string of the molecule is O=C(Nc1ncnc2c1ncn2[C@@H]1O[C@H](CO)[C@H](O)C1Cl)c1ccccc1. The molecule has 0 bridgehead atoms. The van der Waals surface area contributed by atoms with Gasteiger partial charge < -0.3 is 20.3 Å². The fraction of sp³-hybridized carbons (Fsp3) is 0.294. The topological polar surface area (TPSA) is 122 Å². The molecule has 1 aromatic carbocycles. The van der Waals surface area contributed by atoms with Crippen LogP contribution in [0.3, 0.4) is 0 Å². The lowest BCUT2D eigenvalue weighted by Gasteiger charge is -2.16. The average molecular weight is 390 g/mol. The predicted octanol–water partition coefficient (Wildman–Crippen LogP) is 0.937. The molecule has 27 heavy (non-hydrogen) atoms. The lowest BCUT2D eigenvalue weighted by molar-refractivity contribution is -0.0431. The fourth-order valence-electron chi connectivity index (χ4n) is 2.98. The smallest absolute Gasteiger partial charge is 0.256 e. The Morgan fingerprint density at radius 2 is 2.04 bits per heavy atom. The first-order valence-corrected chi connectivity index (χ1v) is 8.66. The average Bonchev–Trinajstić information content (AvgIpc) is 3.25. The second kappa shape index (κ2) is 7.20. The van der Waals surface area contributed by atoms with E-state index in [0.29, 0.717) is 16.7 Å². The highest BCUT2D eigenvalue weighted by atomic mass is 35.5. The molecule has 1 aliphatic rings. The first kappa shape index (κ1) is 17.8. The number of nitrogens with zero attached hydrogens (tertiary/aromatic N) is 4. The Bertz CT molecular complexity index is 966. The van der Waals surface area contributed by atoms with Crippen LogP contribution in [0.15, 0.2) is 43.0 Å². The van der Waals surface area contributed by atoms with E-state index in [1.54, 1.807) is 28.8 Å². The van der Waals surface area contributed by atoms with E-state index in [1.807, 2.05) is 6.07 Å². The molecule has 4 rings (SSSR count). The maximum atomic E-state index is 12.4. The summed E-state index contributed by atoms with van der Waals surface area (Å²) in [5.74, 6) is -0.0794. The zero-order valence-electron chi connectivity index (χ0n) is 13.9. The summed E-state index contributed by atoms with van der Waals surface area (Å²) in [6.45, 7) is -0.360. The van der Waals surface area contributed by atoms with Gasteiger partial charge >= 0.3 is 0 Å².